The molecule has 1 aliphatic rings. The number of hydrogen-bond acceptors (Lipinski definition) is 6. The number of imidazole rings is 1. The van der Waals surface area contributed by atoms with Crippen LogP contribution in [0.15, 0.2) is 41.7 Å². The van der Waals surface area contributed by atoms with E-state index in [0.717, 1.165) is 16.6 Å². The van der Waals surface area contributed by atoms with Gasteiger partial charge in [0.1, 0.15) is 11.9 Å². The van der Waals surface area contributed by atoms with Gasteiger partial charge in [-0.2, -0.15) is 4.98 Å². The van der Waals surface area contributed by atoms with Gasteiger partial charge in [0.25, 0.3) is 0 Å². The monoisotopic (exact) mass is 425 g/mol. The normalized spacial score (nSPS) is 17.7. The van der Waals surface area contributed by atoms with Gasteiger partial charge < -0.3 is 18.8 Å². The first-order chi connectivity index (χ1) is 13.4. The molecular weight excluding hydrogens is 401 g/mol. The molecule has 2 aromatic heterocycles. The molecule has 1 fully saturated rings. The van der Waals surface area contributed by atoms with Crippen molar-refractivity contribution in [3.8, 4) is 5.75 Å². The Morgan fingerprint density at radius 1 is 1.24 bits per heavy atom. The van der Waals surface area contributed by atoms with Crippen LogP contribution >= 0.6 is 0 Å². The van der Waals surface area contributed by atoms with Gasteiger partial charge in [0, 0.05) is 22.9 Å². The number of nitrogens with one attached hydrogen (secondary N) is 1. The number of hydrogen-bond donors (Lipinski definition) is 1. The van der Waals surface area contributed by atoms with E-state index in [1.807, 2.05) is 51.1 Å². The SMILES string of the molecule is Cc1c(OC2COC(C)(C)OC2)ccnc1C[S+]([O-])c1nc2ccccc2[nH]1.[NaH]. The standard InChI is InChI=1S/C20H23N3O4S.Na.H/c1-13-17(12-28(24)19-22-15-6-4-5-7-16(15)23-19)21-9-8-18(13)27-14-10-25-20(2,3)26-11-14;;/h4-9,14H,10-12H2,1-3H3,(H,22,23);;. The van der Waals surface area contributed by atoms with Gasteiger partial charge in [-0.1, -0.05) is 12.1 Å². The Balaban J connectivity index is 0.00000240. The molecule has 0 saturated carbocycles. The first-order valence-electron chi connectivity index (χ1n) is 9.13. The molecule has 3 aromatic rings. The second kappa shape index (κ2) is 9.34. The minimum atomic E-state index is -1.34. The fraction of sp³-hybridized carbons (Fsp3) is 0.400. The number of ether oxygens (including phenoxy) is 3. The number of fused-ring (bicyclic) bond motifs is 1. The fourth-order valence-corrected chi connectivity index (χ4v) is 4.09. The summed E-state index contributed by atoms with van der Waals surface area (Å²) in [7, 11) is 0. The van der Waals surface area contributed by atoms with E-state index in [1.54, 1.807) is 6.20 Å². The molecule has 0 spiro atoms. The molecule has 29 heavy (non-hydrogen) atoms. The number of H-pyrrole nitrogens is 1. The van der Waals surface area contributed by atoms with Crippen LogP contribution in [0.25, 0.3) is 11.0 Å². The van der Waals surface area contributed by atoms with E-state index in [0.29, 0.717) is 29.8 Å². The fourth-order valence-electron chi connectivity index (χ4n) is 2.99. The van der Waals surface area contributed by atoms with Gasteiger partial charge in [-0.3, -0.25) is 9.97 Å². The van der Waals surface area contributed by atoms with Crippen molar-refractivity contribution < 1.29 is 18.8 Å². The molecule has 1 N–H and O–H groups in total. The van der Waals surface area contributed by atoms with E-state index >= 15 is 0 Å². The summed E-state index contributed by atoms with van der Waals surface area (Å²) >= 11 is -1.34. The summed E-state index contributed by atoms with van der Waals surface area (Å²) in [6.07, 6.45) is 1.48. The number of rotatable bonds is 5. The van der Waals surface area contributed by atoms with Crippen molar-refractivity contribution in [2.75, 3.05) is 13.2 Å². The third-order valence-corrected chi connectivity index (χ3v) is 5.80. The average molecular weight is 425 g/mol. The maximum atomic E-state index is 12.8. The van der Waals surface area contributed by atoms with Crippen molar-refractivity contribution >= 4 is 51.8 Å². The summed E-state index contributed by atoms with van der Waals surface area (Å²) in [6, 6.07) is 9.43. The van der Waals surface area contributed by atoms with E-state index in [2.05, 4.69) is 15.0 Å². The Hall–Kier alpha value is -1.13. The molecule has 7 nitrogen and oxygen atoms in total. The van der Waals surface area contributed by atoms with E-state index < -0.39 is 17.0 Å². The minimum absolute atomic E-state index is 0. The summed E-state index contributed by atoms with van der Waals surface area (Å²) in [6.45, 7) is 6.59. The topological polar surface area (TPSA) is 92.3 Å². The van der Waals surface area contributed by atoms with Crippen LogP contribution in [0.3, 0.4) is 0 Å². The average Bonchev–Trinajstić information content (AvgIpc) is 3.11. The van der Waals surface area contributed by atoms with E-state index in [-0.39, 0.29) is 41.4 Å². The van der Waals surface area contributed by atoms with Crippen molar-refractivity contribution in [1.29, 1.82) is 0 Å². The van der Waals surface area contributed by atoms with Crippen LogP contribution in [0.2, 0.25) is 0 Å². The molecule has 1 unspecified atom stereocenters. The van der Waals surface area contributed by atoms with Crippen molar-refractivity contribution in [2.45, 2.75) is 43.6 Å². The zero-order chi connectivity index (χ0) is 19.7. The van der Waals surface area contributed by atoms with E-state index in [9.17, 15) is 4.55 Å². The number of benzene rings is 1. The number of aromatic nitrogens is 3. The van der Waals surface area contributed by atoms with Gasteiger partial charge >= 0.3 is 34.7 Å². The number of aromatic amines is 1. The summed E-state index contributed by atoms with van der Waals surface area (Å²) in [5.41, 5.74) is 3.24. The van der Waals surface area contributed by atoms with Crippen LogP contribution in [0.4, 0.5) is 0 Å². The van der Waals surface area contributed by atoms with Crippen LogP contribution in [0, 0.1) is 6.92 Å². The molecule has 1 saturated heterocycles. The Labute approximate surface area is 195 Å². The predicted molar refractivity (Wildman–Crippen MR) is 113 cm³/mol. The second-order valence-electron chi connectivity index (χ2n) is 7.19. The van der Waals surface area contributed by atoms with Gasteiger partial charge in [0.05, 0.1) is 29.9 Å². The van der Waals surface area contributed by atoms with Gasteiger partial charge in [0.2, 0.25) is 0 Å². The van der Waals surface area contributed by atoms with Crippen LogP contribution < -0.4 is 4.74 Å². The Bertz CT molecular complexity index is 938. The first kappa shape index (κ1) is 22.6. The third kappa shape index (κ3) is 5.32. The van der Waals surface area contributed by atoms with Crippen molar-refractivity contribution in [2.24, 2.45) is 0 Å². The molecular formula is C20H24N3NaO4S. The second-order valence-corrected chi connectivity index (χ2v) is 8.56. The molecule has 1 aromatic carbocycles. The van der Waals surface area contributed by atoms with Crippen molar-refractivity contribution in [1.82, 2.24) is 15.0 Å². The Morgan fingerprint density at radius 2 is 1.97 bits per heavy atom. The third-order valence-electron chi connectivity index (χ3n) is 4.64. The molecule has 0 aliphatic carbocycles. The van der Waals surface area contributed by atoms with E-state index in [1.165, 1.54) is 0 Å². The summed E-state index contributed by atoms with van der Waals surface area (Å²) in [5, 5.41) is 0.449. The zero-order valence-electron chi connectivity index (χ0n) is 16.1. The first-order valence-corrected chi connectivity index (χ1v) is 10.5. The molecule has 9 heteroatoms. The van der Waals surface area contributed by atoms with Crippen LogP contribution in [0.1, 0.15) is 25.1 Å². The summed E-state index contributed by atoms with van der Waals surface area (Å²) in [5.74, 6) is 0.374. The van der Waals surface area contributed by atoms with Gasteiger partial charge in [-0.15, -0.1) is 0 Å². The summed E-state index contributed by atoms with van der Waals surface area (Å²) < 4.78 is 30.1. The number of para-hydroxylation sites is 2. The van der Waals surface area contributed by atoms with Gasteiger partial charge in [0.15, 0.2) is 11.5 Å². The maximum absolute atomic E-state index is 12.8. The molecule has 0 radical (unpaired) electrons. The van der Waals surface area contributed by atoms with Crippen LogP contribution in [0.5, 0.6) is 5.75 Å². The Kier molecular flexibility index (Phi) is 7.27. The molecule has 4 rings (SSSR count). The quantitative estimate of drug-likeness (QED) is 0.499. The molecule has 0 amide bonds. The van der Waals surface area contributed by atoms with Crippen LogP contribution in [-0.4, -0.2) is 74.2 Å². The molecule has 150 valence electrons. The number of pyridine rings is 1. The molecule has 1 atom stereocenters. The zero-order valence-corrected chi connectivity index (χ0v) is 16.9. The van der Waals surface area contributed by atoms with E-state index in [4.69, 9.17) is 14.2 Å². The molecule has 1 aliphatic heterocycles. The van der Waals surface area contributed by atoms with Gasteiger partial charge in [-0.25, -0.2) is 0 Å². The van der Waals surface area contributed by atoms with Gasteiger partial charge in [-0.05, 0) is 39.0 Å². The van der Waals surface area contributed by atoms with Crippen molar-refractivity contribution in [3.63, 3.8) is 0 Å². The predicted octanol–water partition coefficient (Wildman–Crippen LogP) is 2.46. The molecule has 0 bridgehead atoms. The Morgan fingerprint density at radius 3 is 2.69 bits per heavy atom. The number of nitrogens with zero attached hydrogens (tertiary/aromatic N) is 2. The van der Waals surface area contributed by atoms with Crippen LogP contribution in [-0.2, 0) is 26.4 Å². The molecule has 3 heterocycles. The van der Waals surface area contributed by atoms with Crippen molar-refractivity contribution in [3.05, 3.63) is 47.8 Å². The summed E-state index contributed by atoms with van der Waals surface area (Å²) in [4.78, 5) is 11.9.